The van der Waals surface area contributed by atoms with Crippen LogP contribution in [0.1, 0.15) is 18.1 Å². The zero-order valence-corrected chi connectivity index (χ0v) is 17.7. The first kappa shape index (κ1) is 24.0. The minimum absolute atomic E-state index is 0.106. The second-order valence-corrected chi connectivity index (χ2v) is 7.58. The highest BCUT2D eigenvalue weighted by atomic mass is 16.7. The van der Waals surface area contributed by atoms with Crippen LogP contribution in [0.4, 0.5) is 0 Å². The van der Waals surface area contributed by atoms with Gasteiger partial charge in [0, 0.05) is 26.2 Å². The third kappa shape index (κ3) is 5.03. The molecule has 5 N–H and O–H groups in total. The van der Waals surface area contributed by atoms with E-state index >= 15 is 0 Å². The van der Waals surface area contributed by atoms with E-state index in [1.807, 2.05) is 0 Å². The van der Waals surface area contributed by atoms with Gasteiger partial charge in [0.05, 0.1) is 13.7 Å². The van der Waals surface area contributed by atoms with Gasteiger partial charge in [0.25, 0.3) is 0 Å². The van der Waals surface area contributed by atoms with Crippen molar-refractivity contribution in [2.45, 2.75) is 43.5 Å². The molecule has 0 saturated carbocycles. The van der Waals surface area contributed by atoms with Gasteiger partial charge in [0.1, 0.15) is 12.2 Å². The van der Waals surface area contributed by atoms with E-state index in [4.69, 9.17) is 18.9 Å². The average Bonchev–Trinajstić information content (AvgIpc) is 2.74. The number of nitrogens with one attached hydrogen (secondary N) is 1. The van der Waals surface area contributed by atoms with Gasteiger partial charge >= 0.3 is 11.9 Å². The van der Waals surface area contributed by atoms with Crippen molar-refractivity contribution < 1.29 is 49.0 Å². The van der Waals surface area contributed by atoms with Crippen molar-refractivity contribution in [3.05, 3.63) is 29.3 Å². The monoisotopic (exact) mass is 453 g/mol. The van der Waals surface area contributed by atoms with Crippen LogP contribution in [0.2, 0.25) is 0 Å². The Hall–Kier alpha value is -2.70. The number of benzene rings is 1. The maximum absolute atomic E-state index is 12.6. The van der Waals surface area contributed by atoms with Crippen molar-refractivity contribution in [3.8, 4) is 11.5 Å². The molecule has 2 aliphatic heterocycles. The first-order chi connectivity index (χ1) is 15.2. The predicted molar refractivity (Wildman–Crippen MR) is 109 cm³/mol. The second kappa shape index (κ2) is 9.84. The highest BCUT2D eigenvalue weighted by Gasteiger charge is 2.59. The summed E-state index contributed by atoms with van der Waals surface area (Å²) in [6.45, 7) is 1.07. The Labute approximate surface area is 184 Å². The Morgan fingerprint density at radius 3 is 2.75 bits per heavy atom. The Balaban J connectivity index is 1.83. The average molecular weight is 453 g/mol. The Bertz CT molecular complexity index is 888. The van der Waals surface area contributed by atoms with Gasteiger partial charge < -0.3 is 44.7 Å². The van der Waals surface area contributed by atoms with Gasteiger partial charge in [0.2, 0.25) is 5.79 Å². The van der Waals surface area contributed by atoms with Crippen LogP contribution >= 0.6 is 0 Å². The third-order valence-electron chi connectivity index (χ3n) is 5.31. The lowest BCUT2D eigenvalue weighted by molar-refractivity contribution is -0.354. The largest absolute Gasteiger partial charge is 0.504 e. The Kier molecular flexibility index (Phi) is 7.36. The number of ether oxygens (including phenoxy) is 4. The molecule has 1 aromatic rings. The summed E-state index contributed by atoms with van der Waals surface area (Å²) in [5, 5.41) is 43.4. The maximum atomic E-state index is 12.6. The quantitative estimate of drug-likeness (QED) is 0.250. The van der Waals surface area contributed by atoms with Gasteiger partial charge in [-0.1, -0.05) is 0 Å². The highest BCUT2D eigenvalue weighted by Crippen LogP contribution is 2.34. The van der Waals surface area contributed by atoms with Crippen LogP contribution < -0.4 is 10.1 Å². The molecule has 0 aliphatic carbocycles. The molecular weight excluding hydrogens is 426 g/mol. The molecule has 0 aromatic heterocycles. The molecule has 0 radical (unpaired) electrons. The smallest absolute Gasteiger partial charge is 0.331 e. The second-order valence-electron chi connectivity index (χ2n) is 7.58. The van der Waals surface area contributed by atoms with Gasteiger partial charge in [0.15, 0.2) is 23.7 Å². The zero-order valence-electron chi connectivity index (χ0n) is 17.7. The fraction of sp³-hybridized carbons (Fsp3) is 0.524. The van der Waals surface area contributed by atoms with E-state index < -0.39 is 42.1 Å². The van der Waals surface area contributed by atoms with Crippen LogP contribution in [0.25, 0.3) is 6.08 Å². The number of aromatic hydroxyl groups is 1. The van der Waals surface area contributed by atoms with Gasteiger partial charge in [-0.05, 0) is 35.8 Å². The molecular formula is C21H27NO10. The van der Waals surface area contributed by atoms with E-state index in [2.05, 4.69) is 5.32 Å². The number of fused-ring (bicyclic) bond motifs is 2. The summed E-state index contributed by atoms with van der Waals surface area (Å²) >= 11 is 0. The summed E-state index contributed by atoms with van der Waals surface area (Å²) < 4.78 is 21.1. The molecule has 2 fully saturated rings. The molecule has 0 spiro atoms. The molecule has 2 aliphatic rings. The van der Waals surface area contributed by atoms with E-state index in [0.29, 0.717) is 11.1 Å². The van der Waals surface area contributed by atoms with Gasteiger partial charge in [-0.3, -0.25) is 4.79 Å². The molecule has 11 heteroatoms. The first-order valence-corrected chi connectivity index (χ1v) is 10.0. The van der Waals surface area contributed by atoms with Crippen LogP contribution in [0.15, 0.2) is 18.2 Å². The number of rotatable bonds is 7. The van der Waals surface area contributed by atoms with E-state index in [-0.39, 0.29) is 37.6 Å². The number of aliphatic hydroxyl groups excluding tert-OH is 2. The lowest BCUT2D eigenvalue weighted by Gasteiger charge is -2.50. The van der Waals surface area contributed by atoms with Crippen molar-refractivity contribution >= 4 is 18.0 Å². The summed E-state index contributed by atoms with van der Waals surface area (Å²) in [7, 11) is 1.37. The van der Waals surface area contributed by atoms with Crippen LogP contribution in [0, 0.1) is 0 Å². The third-order valence-corrected chi connectivity index (χ3v) is 5.31. The molecule has 2 saturated heterocycles. The van der Waals surface area contributed by atoms with Crippen molar-refractivity contribution in [3.63, 3.8) is 0 Å². The number of hydrogen-bond acceptors (Lipinski definition) is 11. The van der Waals surface area contributed by atoms with E-state index in [0.717, 1.165) is 13.0 Å². The van der Waals surface area contributed by atoms with Gasteiger partial charge in [-0.25, -0.2) is 4.79 Å². The molecule has 32 heavy (non-hydrogen) atoms. The number of methoxy groups -OCH3 is 1. The number of carbonyl (C=O) groups excluding carboxylic acids is 2. The van der Waals surface area contributed by atoms with Crippen molar-refractivity contribution in [1.82, 2.24) is 5.32 Å². The molecule has 2 heterocycles. The SMILES string of the molecule is COc1cc(C=CC(=O)O[C@@H]2[C@@H](OC(C)=O)[C@@H](O)[C@H]3CNC[C@@]2(O)O3)c(CCO)cc1O. The summed E-state index contributed by atoms with van der Waals surface area (Å²) in [6, 6.07) is 2.90. The number of hydrogen-bond donors (Lipinski definition) is 5. The van der Waals surface area contributed by atoms with Crippen LogP contribution in [0.5, 0.6) is 11.5 Å². The molecule has 11 nitrogen and oxygen atoms in total. The van der Waals surface area contributed by atoms with Crippen molar-refractivity contribution in [1.29, 1.82) is 0 Å². The topological polar surface area (TPSA) is 164 Å². The molecule has 3 rings (SSSR count). The minimum atomic E-state index is -2.00. The van der Waals surface area contributed by atoms with E-state index in [1.165, 1.54) is 25.3 Å². The predicted octanol–water partition coefficient (Wildman–Crippen LogP) is -1.16. The zero-order chi connectivity index (χ0) is 23.5. The normalized spacial score (nSPS) is 29.5. The summed E-state index contributed by atoms with van der Waals surface area (Å²) in [5.41, 5.74) is 1.04. The number of β-amino-alcohol motifs (C(OH)–C–C–N with tert-alkyl or cyclic N) is 1. The number of phenolic OH excluding ortho intramolecular Hbond substituents is 1. The van der Waals surface area contributed by atoms with Crippen LogP contribution in [-0.4, -0.2) is 89.4 Å². The number of aliphatic hydroxyl groups is 3. The lowest BCUT2D eigenvalue weighted by Crippen LogP contribution is -2.73. The van der Waals surface area contributed by atoms with Crippen molar-refractivity contribution in [2.24, 2.45) is 0 Å². The minimum Gasteiger partial charge on any atom is -0.504 e. The van der Waals surface area contributed by atoms with E-state index in [1.54, 1.807) is 0 Å². The maximum Gasteiger partial charge on any atom is 0.331 e. The Morgan fingerprint density at radius 2 is 2.09 bits per heavy atom. The van der Waals surface area contributed by atoms with Crippen molar-refractivity contribution in [2.75, 3.05) is 26.8 Å². The van der Waals surface area contributed by atoms with Crippen LogP contribution in [-0.2, 0) is 30.2 Å². The highest BCUT2D eigenvalue weighted by molar-refractivity contribution is 5.87. The number of carbonyl (C=O) groups is 2. The van der Waals surface area contributed by atoms with Gasteiger partial charge in [-0.2, -0.15) is 0 Å². The molecule has 0 unspecified atom stereocenters. The fourth-order valence-corrected chi connectivity index (χ4v) is 3.83. The fourth-order valence-electron chi connectivity index (χ4n) is 3.83. The molecule has 1 aromatic carbocycles. The molecule has 0 amide bonds. The molecule has 176 valence electrons. The lowest BCUT2D eigenvalue weighted by atomic mass is 9.89. The van der Waals surface area contributed by atoms with Gasteiger partial charge in [-0.15, -0.1) is 0 Å². The number of morpholine rings is 1. The molecule has 5 atom stereocenters. The summed E-state index contributed by atoms with van der Waals surface area (Å²) in [5.74, 6) is -3.56. The summed E-state index contributed by atoms with van der Waals surface area (Å²) in [4.78, 5) is 24.1. The standard InChI is InChI=1S/C21H27NO10/c1-11(24)30-19-18(27)16-9-22-10-21(28,32-16)20(19)31-17(26)4-3-12-8-15(29-2)14(25)7-13(12)5-6-23/h3-4,7-8,16,18-20,22-23,25,27-28H,5-6,9-10H2,1-2H3/t16-,18+,19+,20-,21-/m1/s1. The summed E-state index contributed by atoms with van der Waals surface area (Å²) in [6.07, 6.45) is -2.32. The first-order valence-electron chi connectivity index (χ1n) is 10.0. The van der Waals surface area contributed by atoms with Crippen LogP contribution in [0.3, 0.4) is 0 Å². The number of esters is 2. The number of phenols is 1. The molecule has 2 bridgehead atoms. The Morgan fingerprint density at radius 1 is 1.34 bits per heavy atom. The van der Waals surface area contributed by atoms with E-state index in [9.17, 15) is 30.0 Å².